The fraction of sp³-hybridized carbons (Fsp3) is 0.462. The summed E-state index contributed by atoms with van der Waals surface area (Å²) < 4.78 is 13.8. The van der Waals surface area contributed by atoms with Crippen molar-refractivity contribution in [2.24, 2.45) is 0 Å². The molecule has 0 amide bonds. The zero-order valence-corrected chi connectivity index (χ0v) is 10.00. The number of rotatable bonds is 4. The van der Waals surface area contributed by atoms with E-state index in [1.54, 1.807) is 12.1 Å². The van der Waals surface area contributed by atoms with Gasteiger partial charge in [-0.3, -0.25) is 0 Å². The molecule has 0 spiro atoms. The van der Waals surface area contributed by atoms with E-state index in [1.807, 2.05) is 17.9 Å². The van der Waals surface area contributed by atoms with Crippen LogP contribution in [0.25, 0.3) is 0 Å². The minimum atomic E-state index is -0.318. The Morgan fingerprint density at radius 1 is 1.44 bits per heavy atom. The van der Waals surface area contributed by atoms with E-state index in [4.69, 9.17) is 5.26 Å². The van der Waals surface area contributed by atoms with Gasteiger partial charge >= 0.3 is 0 Å². The number of hydrogen-bond donors (Lipinski definition) is 0. The molecule has 2 nitrogen and oxygen atoms in total. The Balaban J connectivity index is 3.07. The molecule has 0 aliphatic heterocycles. The summed E-state index contributed by atoms with van der Waals surface area (Å²) in [4.78, 5) is 2.01. The van der Waals surface area contributed by atoms with Gasteiger partial charge in [0.05, 0.1) is 17.3 Å². The molecule has 0 aromatic heterocycles. The molecular formula is C13H17FN2. The lowest BCUT2D eigenvalue weighted by Crippen LogP contribution is -2.32. The summed E-state index contributed by atoms with van der Waals surface area (Å²) in [6.07, 6.45) is 0.966. The average molecular weight is 220 g/mol. The summed E-state index contributed by atoms with van der Waals surface area (Å²) in [5.41, 5.74) is 0.942. The molecule has 0 bridgehead atoms. The average Bonchev–Trinajstić information content (AvgIpc) is 2.31. The number of nitrogens with zero attached hydrogens (tertiary/aromatic N) is 2. The second-order valence-corrected chi connectivity index (χ2v) is 3.82. The molecule has 0 heterocycles. The standard InChI is InChI=1S/C13H17FN2/c1-4-10(3)16(5-2)13-7-6-11(9-15)8-12(13)14/h6-8,10H,4-5H2,1-3H3. The number of anilines is 1. The largest absolute Gasteiger partial charge is 0.367 e. The van der Waals surface area contributed by atoms with Crippen LogP contribution in [0.2, 0.25) is 0 Å². The van der Waals surface area contributed by atoms with E-state index in [0.717, 1.165) is 13.0 Å². The summed E-state index contributed by atoms with van der Waals surface area (Å²) in [6, 6.07) is 6.87. The third-order valence-electron chi connectivity index (χ3n) is 2.85. The third kappa shape index (κ3) is 2.52. The Morgan fingerprint density at radius 2 is 2.12 bits per heavy atom. The monoisotopic (exact) mass is 220 g/mol. The highest BCUT2D eigenvalue weighted by molar-refractivity contribution is 5.51. The first-order valence-corrected chi connectivity index (χ1v) is 5.60. The summed E-state index contributed by atoms with van der Waals surface area (Å²) >= 11 is 0. The van der Waals surface area contributed by atoms with E-state index in [2.05, 4.69) is 13.8 Å². The van der Waals surface area contributed by atoms with Crippen LogP contribution in [0.4, 0.5) is 10.1 Å². The molecule has 0 radical (unpaired) electrons. The fourth-order valence-corrected chi connectivity index (χ4v) is 1.75. The van der Waals surface area contributed by atoms with Crippen LogP contribution in [0, 0.1) is 17.1 Å². The van der Waals surface area contributed by atoms with Crippen molar-refractivity contribution in [1.82, 2.24) is 0 Å². The van der Waals surface area contributed by atoms with Crippen LogP contribution in [0.5, 0.6) is 0 Å². The normalized spacial score (nSPS) is 11.9. The zero-order valence-electron chi connectivity index (χ0n) is 10.00. The van der Waals surface area contributed by atoms with E-state index < -0.39 is 0 Å². The van der Waals surface area contributed by atoms with Gasteiger partial charge in [-0.2, -0.15) is 5.26 Å². The van der Waals surface area contributed by atoms with Gasteiger partial charge in [-0.05, 0) is 38.5 Å². The van der Waals surface area contributed by atoms with Crippen molar-refractivity contribution < 1.29 is 4.39 Å². The van der Waals surface area contributed by atoms with Crippen molar-refractivity contribution in [1.29, 1.82) is 5.26 Å². The van der Waals surface area contributed by atoms with Gasteiger partial charge in [-0.15, -0.1) is 0 Å². The molecule has 0 aliphatic rings. The van der Waals surface area contributed by atoms with Crippen LogP contribution in [0.3, 0.4) is 0 Å². The van der Waals surface area contributed by atoms with Crippen molar-refractivity contribution in [3.63, 3.8) is 0 Å². The summed E-state index contributed by atoms with van der Waals surface area (Å²) in [5, 5.41) is 8.67. The number of halogens is 1. The molecule has 16 heavy (non-hydrogen) atoms. The van der Waals surface area contributed by atoms with Crippen molar-refractivity contribution in [2.75, 3.05) is 11.4 Å². The van der Waals surface area contributed by atoms with E-state index in [9.17, 15) is 4.39 Å². The summed E-state index contributed by atoms with van der Waals surface area (Å²) in [6.45, 7) is 6.91. The lowest BCUT2D eigenvalue weighted by atomic mass is 10.1. The minimum absolute atomic E-state index is 0.299. The van der Waals surface area contributed by atoms with Gasteiger partial charge in [0.1, 0.15) is 5.82 Å². The highest BCUT2D eigenvalue weighted by atomic mass is 19.1. The van der Waals surface area contributed by atoms with Crippen molar-refractivity contribution in [3.8, 4) is 6.07 Å². The van der Waals surface area contributed by atoms with Crippen LogP contribution < -0.4 is 4.90 Å². The number of benzene rings is 1. The molecule has 3 heteroatoms. The maximum absolute atomic E-state index is 13.8. The molecule has 0 fully saturated rings. The number of hydrogen-bond acceptors (Lipinski definition) is 2. The summed E-state index contributed by atoms with van der Waals surface area (Å²) in [5.74, 6) is -0.318. The van der Waals surface area contributed by atoms with Gasteiger partial charge in [0, 0.05) is 12.6 Å². The second-order valence-electron chi connectivity index (χ2n) is 3.82. The Labute approximate surface area is 96.3 Å². The fourth-order valence-electron chi connectivity index (χ4n) is 1.75. The Hall–Kier alpha value is -1.56. The molecule has 1 unspecified atom stereocenters. The topological polar surface area (TPSA) is 27.0 Å². The minimum Gasteiger partial charge on any atom is -0.367 e. The second kappa shape index (κ2) is 5.50. The SMILES string of the molecule is CCC(C)N(CC)c1ccc(C#N)cc1F. The molecule has 0 aliphatic carbocycles. The molecule has 1 aromatic rings. The van der Waals surface area contributed by atoms with Crippen molar-refractivity contribution in [3.05, 3.63) is 29.6 Å². The van der Waals surface area contributed by atoms with Gasteiger partial charge in [-0.25, -0.2) is 4.39 Å². The van der Waals surface area contributed by atoms with Gasteiger partial charge in [-0.1, -0.05) is 6.92 Å². The van der Waals surface area contributed by atoms with Crippen molar-refractivity contribution in [2.45, 2.75) is 33.2 Å². The maximum atomic E-state index is 13.8. The lowest BCUT2D eigenvalue weighted by Gasteiger charge is -2.29. The molecule has 1 atom stereocenters. The van der Waals surface area contributed by atoms with E-state index in [-0.39, 0.29) is 5.82 Å². The molecule has 0 N–H and O–H groups in total. The molecule has 0 saturated carbocycles. The van der Waals surface area contributed by atoms with Gasteiger partial charge in [0.2, 0.25) is 0 Å². The van der Waals surface area contributed by atoms with Crippen LogP contribution in [-0.2, 0) is 0 Å². The molecule has 1 rings (SSSR count). The quantitative estimate of drug-likeness (QED) is 0.778. The molecule has 86 valence electrons. The van der Waals surface area contributed by atoms with Crippen molar-refractivity contribution >= 4 is 5.69 Å². The Morgan fingerprint density at radius 3 is 2.56 bits per heavy atom. The van der Waals surface area contributed by atoms with E-state index >= 15 is 0 Å². The smallest absolute Gasteiger partial charge is 0.147 e. The highest BCUT2D eigenvalue weighted by Gasteiger charge is 2.15. The van der Waals surface area contributed by atoms with Gasteiger partial charge in [0.15, 0.2) is 0 Å². The summed E-state index contributed by atoms with van der Waals surface area (Å²) in [7, 11) is 0. The van der Waals surface area contributed by atoms with Crippen LogP contribution >= 0.6 is 0 Å². The van der Waals surface area contributed by atoms with Crippen LogP contribution in [0.1, 0.15) is 32.8 Å². The van der Waals surface area contributed by atoms with Gasteiger partial charge < -0.3 is 4.90 Å². The van der Waals surface area contributed by atoms with Crippen LogP contribution in [0.15, 0.2) is 18.2 Å². The Kier molecular flexibility index (Phi) is 4.30. The third-order valence-corrected chi connectivity index (χ3v) is 2.85. The maximum Gasteiger partial charge on any atom is 0.147 e. The van der Waals surface area contributed by atoms with Crippen LogP contribution in [-0.4, -0.2) is 12.6 Å². The van der Waals surface area contributed by atoms with E-state index in [1.165, 1.54) is 6.07 Å². The first kappa shape index (κ1) is 12.5. The first-order chi connectivity index (χ1) is 7.63. The zero-order chi connectivity index (χ0) is 12.1. The van der Waals surface area contributed by atoms with E-state index in [0.29, 0.717) is 17.3 Å². The lowest BCUT2D eigenvalue weighted by molar-refractivity contribution is 0.583. The Bertz CT molecular complexity index is 395. The number of nitriles is 1. The molecule has 1 aromatic carbocycles. The first-order valence-electron chi connectivity index (χ1n) is 5.60. The predicted molar refractivity (Wildman–Crippen MR) is 63.9 cm³/mol. The predicted octanol–water partition coefficient (Wildman–Crippen LogP) is 3.32. The molecule has 0 saturated heterocycles. The highest BCUT2D eigenvalue weighted by Crippen LogP contribution is 2.23. The molecular weight excluding hydrogens is 203 g/mol. The van der Waals surface area contributed by atoms with Gasteiger partial charge in [0.25, 0.3) is 0 Å².